The molecule has 0 aromatic rings. The topological polar surface area (TPSA) is 44.4 Å². The Morgan fingerprint density at radius 2 is 1.93 bits per heavy atom. The maximum Gasteiger partial charge on any atom is 0.235 e. The second-order valence-electron chi connectivity index (χ2n) is 4.10. The van der Waals surface area contributed by atoms with Gasteiger partial charge in [-0.15, -0.1) is 0 Å². The number of hydrogen-bond acceptors (Lipinski definition) is 3. The molecule has 0 saturated carbocycles. The summed E-state index contributed by atoms with van der Waals surface area (Å²) in [6, 6.07) is 0.227. The normalized spacial score (nSPS) is 18.5. The monoisotopic (exact) mass is 199 g/mol. The number of carbonyl (C=O) groups is 1. The van der Waals surface area contributed by atoms with E-state index in [0.29, 0.717) is 6.54 Å². The largest absolute Gasteiger partial charge is 0.353 e. The average molecular weight is 199 g/mol. The van der Waals surface area contributed by atoms with Gasteiger partial charge in [-0.25, -0.2) is 10.4 Å². The minimum atomic E-state index is 0.0746. The van der Waals surface area contributed by atoms with E-state index >= 15 is 0 Å². The van der Waals surface area contributed by atoms with Gasteiger partial charge in [-0.1, -0.05) is 6.42 Å². The molecule has 4 nitrogen and oxygen atoms in total. The molecule has 2 N–H and O–H groups in total. The second-order valence-corrected chi connectivity index (χ2v) is 4.10. The highest BCUT2D eigenvalue weighted by Crippen LogP contribution is 2.05. The fraction of sp³-hybridized carbons (Fsp3) is 0.900. The van der Waals surface area contributed by atoms with Crippen LogP contribution in [0.25, 0.3) is 0 Å². The molecule has 1 aliphatic rings. The highest BCUT2D eigenvalue weighted by molar-refractivity contribution is 5.78. The van der Waals surface area contributed by atoms with Crippen LogP contribution in [0.1, 0.15) is 33.1 Å². The SMILES string of the molecule is CC(C)NC(=O)CNN1CCCCC1. The van der Waals surface area contributed by atoms with Crippen LogP contribution in [0, 0.1) is 0 Å². The lowest BCUT2D eigenvalue weighted by Crippen LogP contribution is -2.47. The number of nitrogens with one attached hydrogen (secondary N) is 2. The van der Waals surface area contributed by atoms with Gasteiger partial charge in [0, 0.05) is 19.1 Å². The molecule has 82 valence electrons. The molecule has 1 aliphatic heterocycles. The van der Waals surface area contributed by atoms with Gasteiger partial charge in [0.05, 0.1) is 6.54 Å². The molecule has 0 unspecified atom stereocenters. The summed E-state index contributed by atoms with van der Waals surface area (Å²) >= 11 is 0. The van der Waals surface area contributed by atoms with E-state index in [0.717, 1.165) is 13.1 Å². The third-order valence-electron chi connectivity index (χ3n) is 2.27. The van der Waals surface area contributed by atoms with Gasteiger partial charge in [0.15, 0.2) is 0 Å². The van der Waals surface area contributed by atoms with Crippen molar-refractivity contribution in [3.05, 3.63) is 0 Å². The first-order valence-electron chi connectivity index (χ1n) is 5.46. The number of hydrogen-bond donors (Lipinski definition) is 2. The quantitative estimate of drug-likeness (QED) is 0.693. The Balaban J connectivity index is 2.09. The van der Waals surface area contributed by atoms with Gasteiger partial charge in [-0.2, -0.15) is 0 Å². The molecule has 0 bridgehead atoms. The first kappa shape index (κ1) is 11.5. The molecule has 0 spiro atoms. The first-order valence-corrected chi connectivity index (χ1v) is 5.46. The van der Waals surface area contributed by atoms with Crippen LogP contribution in [0.4, 0.5) is 0 Å². The maximum atomic E-state index is 11.3. The van der Waals surface area contributed by atoms with Crippen molar-refractivity contribution in [1.82, 2.24) is 15.8 Å². The maximum absolute atomic E-state index is 11.3. The summed E-state index contributed by atoms with van der Waals surface area (Å²) in [4.78, 5) is 11.3. The molecule has 0 aromatic carbocycles. The number of rotatable bonds is 4. The zero-order valence-corrected chi connectivity index (χ0v) is 9.18. The highest BCUT2D eigenvalue weighted by Gasteiger charge is 2.10. The van der Waals surface area contributed by atoms with Crippen molar-refractivity contribution in [3.63, 3.8) is 0 Å². The van der Waals surface area contributed by atoms with E-state index in [9.17, 15) is 4.79 Å². The molecular formula is C10H21N3O. The smallest absolute Gasteiger partial charge is 0.235 e. The number of amides is 1. The van der Waals surface area contributed by atoms with Gasteiger partial charge in [-0.05, 0) is 26.7 Å². The van der Waals surface area contributed by atoms with Crippen LogP contribution < -0.4 is 10.7 Å². The molecule has 1 fully saturated rings. The van der Waals surface area contributed by atoms with Gasteiger partial charge in [0.2, 0.25) is 5.91 Å². The van der Waals surface area contributed by atoms with Crippen molar-refractivity contribution in [2.75, 3.05) is 19.6 Å². The molecule has 0 radical (unpaired) electrons. The molecule has 14 heavy (non-hydrogen) atoms. The summed E-state index contributed by atoms with van der Waals surface area (Å²) in [6.07, 6.45) is 3.79. The third-order valence-corrected chi connectivity index (χ3v) is 2.27. The summed E-state index contributed by atoms with van der Waals surface area (Å²) in [5.41, 5.74) is 3.15. The lowest BCUT2D eigenvalue weighted by molar-refractivity contribution is -0.121. The van der Waals surface area contributed by atoms with Crippen LogP contribution in [-0.2, 0) is 4.79 Å². The Morgan fingerprint density at radius 1 is 1.29 bits per heavy atom. The summed E-state index contributed by atoms with van der Waals surface area (Å²) < 4.78 is 0. The summed E-state index contributed by atoms with van der Waals surface area (Å²) in [6.45, 7) is 6.47. The minimum Gasteiger partial charge on any atom is -0.353 e. The van der Waals surface area contributed by atoms with E-state index in [2.05, 4.69) is 15.8 Å². The average Bonchev–Trinajstić information content (AvgIpc) is 2.15. The van der Waals surface area contributed by atoms with Crippen LogP contribution >= 0.6 is 0 Å². The predicted molar refractivity (Wildman–Crippen MR) is 56.7 cm³/mol. The number of carbonyl (C=O) groups excluding carboxylic acids is 1. The van der Waals surface area contributed by atoms with E-state index in [-0.39, 0.29) is 11.9 Å². The lowest BCUT2D eigenvalue weighted by atomic mass is 10.2. The van der Waals surface area contributed by atoms with E-state index in [1.165, 1.54) is 19.3 Å². The standard InChI is InChI=1S/C10H21N3O/c1-9(2)12-10(14)8-11-13-6-4-3-5-7-13/h9,11H,3-8H2,1-2H3,(H,12,14). The Labute approximate surface area is 86.0 Å². The predicted octanol–water partition coefficient (Wildman–Crippen LogP) is 0.501. The first-order chi connectivity index (χ1) is 6.68. The van der Waals surface area contributed by atoms with Gasteiger partial charge in [0.25, 0.3) is 0 Å². The summed E-state index contributed by atoms with van der Waals surface area (Å²) in [5, 5.41) is 5.00. The van der Waals surface area contributed by atoms with Crippen LogP contribution in [0.5, 0.6) is 0 Å². The van der Waals surface area contributed by atoms with Crippen molar-refractivity contribution < 1.29 is 4.79 Å². The zero-order valence-electron chi connectivity index (χ0n) is 9.18. The molecule has 4 heteroatoms. The van der Waals surface area contributed by atoms with E-state index in [1.807, 2.05) is 13.8 Å². The molecule has 1 heterocycles. The number of nitrogens with zero attached hydrogens (tertiary/aromatic N) is 1. The van der Waals surface area contributed by atoms with Crippen molar-refractivity contribution in [3.8, 4) is 0 Å². The Bertz CT molecular complexity index is 176. The van der Waals surface area contributed by atoms with Crippen LogP contribution in [0.15, 0.2) is 0 Å². The lowest BCUT2D eigenvalue weighted by Gasteiger charge is -2.26. The van der Waals surface area contributed by atoms with Crippen LogP contribution in [-0.4, -0.2) is 36.6 Å². The van der Waals surface area contributed by atoms with Gasteiger partial charge in [-0.3, -0.25) is 4.79 Å². The molecule has 0 aliphatic carbocycles. The molecule has 1 amide bonds. The molecular weight excluding hydrogens is 178 g/mol. The van der Waals surface area contributed by atoms with E-state index < -0.39 is 0 Å². The summed E-state index contributed by atoms with van der Waals surface area (Å²) in [5.74, 6) is 0.0746. The van der Waals surface area contributed by atoms with Crippen molar-refractivity contribution in [2.24, 2.45) is 0 Å². The number of hydrazine groups is 1. The second kappa shape index (κ2) is 5.98. The number of piperidine rings is 1. The van der Waals surface area contributed by atoms with Crippen LogP contribution in [0.2, 0.25) is 0 Å². The van der Waals surface area contributed by atoms with Gasteiger partial charge >= 0.3 is 0 Å². The Hall–Kier alpha value is -0.610. The van der Waals surface area contributed by atoms with Gasteiger partial charge in [0.1, 0.15) is 0 Å². The van der Waals surface area contributed by atoms with E-state index in [4.69, 9.17) is 0 Å². The van der Waals surface area contributed by atoms with Crippen LogP contribution in [0.3, 0.4) is 0 Å². The highest BCUT2D eigenvalue weighted by atomic mass is 16.2. The Morgan fingerprint density at radius 3 is 2.50 bits per heavy atom. The van der Waals surface area contributed by atoms with E-state index in [1.54, 1.807) is 0 Å². The summed E-state index contributed by atoms with van der Waals surface area (Å²) in [7, 11) is 0. The molecule has 0 atom stereocenters. The Kier molecular flexibility index (Phi) is 4.90. The van der Waals surface area contributed by atoms with Crippen molar-refractivity contribution in [2.45, 2.75) is 39.2 Å². The van der Waals surface area contributed by atoms with Crippen molar-refractivity contribution >= 4 is 5.91 Å². The molecule has 0 aromatic heterocycles. The molecule has 1 rings (SSSR count). The fourth-order valence-corrected chi connectivity index (χ4v) is 1.61. The fourth-order valence-electron chi connectivity index (χ4n) is 1.61. The minimum absolute atomic E-state index is 0.0746. The third kappa shape index (κ3) is 4.58. The molecule has 1 saturated heterocycles. The zero-order chi connectivity index (χ0) is 10.4. The van der Waals surface area contributed by atoms with Gasteiger partial charge < -0.3 is 5.32 Å². The van der Waals surface area contributed by atoms with Crippen molar-refractivity contribution in [1.29, 1.82) is 0 Å².